The van der Waals surface area contributed by atoms with Gasteiger partial charge in [0.15, 0.2) is 29.0 Å². The van der Waals surface area contributed by atoms with Crippen LogP contribution in [0.3, 0.4) is 0 Å². The number of nitrogens with one attached hydrogen (secondary N) is 2. The van der Waals surface area contributed by atoms with Gasteiger partial charge in [0.25, 0.3) is 0 Å². The summed E-state index contributed by atoms with van der Waals surface area (Å²) >= 11 is 0. The molecule has 28 heavy (non-hydrogen) atoms. The average molecular weight is 383 g/mol. The minimum absolute atomic E-state index is 0.612. The summed E-state index contributed by atoms with van der Waals surface area (Å²) in [6.07, 6.45) is 1.78. The van der Waals surface area contributed by atoms with E-state index in [1.165, 1.54) is 0 Å². The maximum Gasteiger partial charge on any atom is 0.195 e. The van der Waals surface area contributed by atoms with Crippen molar-refractivity contribution in [3.8, 4) is 23.0 Å². The van der Waals surface area contributed by atoms with Gasteiger partial charge < -0.3 is 29.6 Å². The van der Waals surface area contributed by atoms with Crippen LogP contribution in [-0.4, -0.2) is 39.4 Å². The Morgan fingerprint density at radius 3 is 2.11 bits per heavy atom. The third-order valence-corrected chi connectivity index (χ3v) is 4.51. The maximum atomic E-state index is 5.76. The highest BCUT2D eigenvalue weighted by molar-refractivity contribution is 5.93. The minimum Gasteiger partial charge on any atom is -0.490 e. The molecule has 4 rings (SSSR count). The first-order valence-corrected chi connectivity index (χ1v) is 9.58. The Hall–Kier alpha value is -3.09. The Kier molecular flexibility index (Phi) is 5.70. The van der Waals surface area contributed by atoms with Crippen molar-refractivity contribution in [2.75, 3.05) is 38.8 Å². The molecule has 0 atom stereocenters. The van der Waals surface area contributed by atoms with Gasteiger partial charge in [-0.15, -0.1) is 0 Å². The normalized spacial score (nSPS) is 16.0. The number of rotatable bonds is 3. The largest absolute Gasteiger partial charge is 0.490 e. The first kappa shape index (κ1) is 18.3. The van der Waals surface area contributed by atoms with Gasteiger partial charge in [0, 0.05) is 38.2 Å². The van der Waals surface area contributed by atoms with E-state index >= 15 is 0 Å². The van der Waals surface area contributed by atoms with Gasteiger partial charge in [-0.05, 0) is 29.8 Å². The molecule has 0 saturated carbocycles. The summed E-state index contributed by atoms with van der Waals surface area (Å²) in [5.74, 6) is 3.79. The molecule has 0 spiro atoms. The van der Waals surface area contributed by atoms with E-state index in [1.54, 1.807) is 7.05 Å². The van der Waals surface area contributed by atoms with E-state index in [9.17, 15) is 0 Å². The maximum absolute atomic E-state index is 5.76. The molecule has 0 aromatic heterocycles. The van der Waals surface area contributed by atoms with Crippen LogP contribution >= 0.6 is 0 Å². The van der Waals surface area contributed by atoms with E-state index in [0.29, 0.717) is 38.9 Å². The van der Waals surface area contributed by atoms with Crippen molar-refractivity contribution in [1.82, 2.24) is 5.32 Å². The minimum atomic E-state index is 0.612. The molecular weight excluding hydrogens is 358 g/mol. The molecule has 148 valence electrons. The number of guanidine groups is 1. The Morgan fingerprint density at radius 1 is 0.821 bits per heavy atom. The third kappa shape index (κ3) is 4.42. The van der Waals surface area contributed by atoms with E-state index in [0.717, 1.165) is 47.1 Å². The molecule has 7 heteroatoms. The predicted molar refractivity (Wildman–Crippen MR) is 108 cm³/mol. The quantitative estimate of drug-likeness (QED) is 0.626. The van der Waals surface area contributed by atoms with E-state index in [1.807, 2.05) is 36.4 Å². The topological polar surface area (TPSA) is 73.3 Å². The second-order valence-corrected chi connectivity index (χ2v) is 6.59. The zero-order valence-electron chi connectivity index (χ0n) is 16.0. The van der Waals surface area contributed by atoms with Crippen molar-refractivity contribution in [3.63, 3.8) is 0 Å². The Morgan fingerprint density at radius 2 is 1.43 bits per heavy atom. The van der Waals surface area contributed by atoms with Crippen LogP contribution in [0.1, 0.15) is 18.4 Å². The highest BCUT2D eigenvalue weighted by atomic mass is 16.5. The van der Waals surface area contributed by atoms with Gasteiger partial charge in [-0.1, -0.05) is 6.07 Å². The molecular formula is C21H25N3O4. The highest BCUT2D eigenvalue weighted by Crippen LogP contribution is 2.32. The molecule has 2 aliphatic rings. The lowest BCUT2D eigenvalue weighted by Gasteiger charge is -2.15. The lowest BCUT2D eigenvalue weighted by atomic mass is 10.2. The molecule has 2 heterocycles. The van der Waals surface area contributed by atoms with Crippen molar-refractivity contribution < 1.29 is 18.9 Å². The number of hydrogen-bond donors (Lipinski definition) is 2. The fraction of sp³-hybridized carbons (Fsp3) is 0.381. The fourth-order valence-electron chi connectivity index (χ4n) is 3.06. The van der Waals surface area contributed by atoms with Crippen LogP contribution < -0.4 is 29.6 Å². The summed E-state index contributed by atoms with van der Waals surface area (Å²) in [7, 11) is 1.74. The van der Waals surface area contributed by atoms with Crippen molar-refractivity contribution in [2.24, 2.45) is 4.99 Å². The smallest absolute Gasteiger partial charge is 0.195 e. The average Bonchev–Trinajstić information content (AvgIpc) is 3.10. The monoisotopic (exact) mass is 383 g/mol. The van der Waals surface area contributed by atoms with Gasteiger partial charge in [0.1, 0.15) is 0 Å². The van der Waals surface area contributed by atoms with Crippen LogP contribution in [0, 0.1) is 0 Å². The molecule has 2 aliphatic heterocycles. The van der Waals surface area contributed by atoms with Gasteiger partial charge in [-0.2, -0.15) is 0 Å². The van der Waals surface area contributed by atoms with Crippen LogP contribution in [-0.2, 0) is 6.54 Å². The zero-order valence-corrected chi connectivity index (χ0v) is 16.0. The highest BCUT2D eigenvalue weighted by Gasteiger charge is 2.13. The number of ether oxygens (including phenoxy) is 4. The van der Waals surface area contributed by atoms with E-state index < -0.39 is 0 Å². The summed E-state index contributed by atoms with van der Waals surface area (Å²) < 4.78 is 22.9. The molecule has 2 aromatic rings. The molecule has 2 aromatic carbocycles. The van der Waals surface area contributed by atoms with Crippen molar-refractivity contribution in [3.05, 3.63) is 42.0 Å². The number of nitrogens with zero attached hydrogens (tertiary/aromatic N) is 1. The Bertz CT molecular complexity index is 854. The first-order valence-electron chi connectivity index (χ1n) is 9.58. The second kappa shape index (κ2) is 8.73. The van der Waals surface area contributed by atoms with Gasteiger partial charge >= 0.3 is 0 Å². The van der Waals surface area contributed by atoms with Gasteiger partial charge in [-0.3, -0.25) is 4.99 Å². The molecule has 0 fully saturated rings. The molecule has 0 amide bonds. The summed E-state index contributed by atoms with van der Waals surface area (Å²) in [5, 5.41) is 6.61. The van der Waals surface area contributed by atoms with Gasteiger partial charge in [0.05, 0.1) is 26.4 Å². The molecule has 7 nitrogen and oxygen atoms in total. The number of aliphatic imine (C=N–C) groups is 1. The molecule has 0 unspecified atom stereocenters. The van der Waals surface area contributed by atoms with Crippen molar-refractivity contribution in [1.29, 1.82) is 0 Å². The van der Waals surface area contributed by atoms with E-state index in [4.69, 9.17) is 18.9 Å². The molecule has 0 bridgehead atoms. The van der Waals surface area contributed by atoms with Crippen LogP contribution in [0.2, 0.25) is 0 Å². The second-order valence-electron chi connectivity index (χ2n) is 6.59. The molecule has 0 radical (unpaired) electrons. The van der Waals surface area contributed by atoms with E-state index in [2.05, 4.69) is 15.6 Å². The molecule has 0 saturated heterocycles. The zero-order chi connectivity index (χ0) is 19.2. The number of anilines is 1. The lowest BCUT2D eigenvalue weighted by molar-refractivity contribution is 0.296. The van der Waals surface area contributed by atoms with Crippen LogP contribution in [0.5, 0.6) is 23.0 Å². The summed E-state index contributed by atoms with van der Waals surface area (Å²) in [6.45, 7) is 3.32. The number of benzene rings is 2. The lowest BCUT2D eigenvalue weighted by Crippen LogP contribution is -2.30. The van der Waals surface area contributed by atoms with Crippen molar-refractivity contribution >= 4 is 11.6 Å². The standard InChI is InChI=1S/C21H25N3O4/c1-22-21(24-16-5-7-18-20(13-16)28-11-3-9-26-18)23-14-15-4-6-17-19(12-15)27-10-2-8-25-17/h4-7,12-13H,2-3,8-11,14H2,1H3,(H2,22,23,24). The number of fused-ring (bicyclic) bond motifs is 2. The van der Waals surface area contributed by atoms with E-state index in [-0.39, 0.29) is 0 Å². The molecule has 2 N–H and O–H groups in total. The summed E-state index contributed by atoms with van der Waals surface area (Å²) in [6, 6.07) is 11.8. The van der Waals surface area contributed by atoms with Gasteiger partial charge in [-0.25, -0.2) is 0 Å². The van der Waals surface area contributed by atoms with Crippen LogP contribution in [0.15, 0.2) is 41.4 Å². The van der Waals surface area contributed by atoms with Crippen molar-refractivity contribution in [2.45, 2.75) is 19.4 Å². The van der Waals surface area contributed by atoms with Gasteiger partial charge in [0.2, 0.25) is 0 Å². The summed E-state index contributed by atoms with van der Waals surface area (Å²) in [4.78, 5) is 4.30. The molecule has 0 aliphatic carbocycles. The summed E-state index contributed by atoms with van der Waals surface area (Å²) in [5.41, 5.74) is 1.97. The fourth-order valence-corrected chi connectivity index (χ4v) is 3.06. The van der Waals surface area contributed by atoms with Crippen LogP contribution in [0.4, 0.5) is 5.69 Å². The predicted octanol–water partition coefficient (Wildman–Crippen LogP) is 3.20. The Labute approximate surface area is 164 Å². The third-order valence-electron chi connectivity index (χ3n) is 4.51. The SMILES string of the molecule is CN=C(NCc1ccc2c(c1)OCCCO2)Nc1ccc2c(c1)OCCCO2. The number of hydrogen-bond acceptors (Lipinski definition) is 5. The van der Waals surface area contributed by atoms with Crippen LogP contribution in [0.25, 0.3) is 0 Å². The Balaban J connectivity index is 1.39. The first-order chi connectivity index (χ1) is 13.8.